The first-order valence-electron chi connectivity index (χ1n) is 5.22. The van der Waals surface area contributed by atoms with E-state index in [2.05, 4.69) is 15.9 Å². The summed E-state index contributed by atoms with van der Waals surface area (Å²) in [4.78, 5) is 0. The number of fused-ring (bicyclic) bond motifs is 1. The maximum Gasteiger partial charge on any atom is 0.245 e. The number of anilines is 1. The highest BCUT2D eigenvalue weighted by Crippen LogP contribution is 2.33. The van der Waals surface area contributed by atoms with E-state index in [0.29, 0.717) is 0 Å². The van der Waals surface area contributed by atoms with Crippen LogP contribution < -0.4 is 4.31 Å². The number of rotatable bonds is 2. The summed E-state index contributed by atoms with van der Waals surface area (Å²) in [7, 11) is -3.23. The summed E-state index contributed by atoms with van der Waals surface area (Å²) in [6.45, 7) is 1.95. The molecule has 0 bridgehead atoms. The Morgan fingerprint density at radius 2 is 2.12 bits per heavy atom. The monoisotopic (exact) mass is 303 g/mol. The third-order valence-electron chi connectivity index (χ3n) is 2.90. The van der Waals surface area contributed by atoms with Crippen LogP contribution in [0.3, 0.4) is 0 Å². The number of alkyl halides is 1. The standard InChI is InChI=1S/C11H14BrNO2S/c1-9-6-7-10-4-2-3-5-11(10)13(9)16(14,15)8-12/h2-5,9H,6-8H2,1H3. The van der Waals surface area contributed by atoms with Gasteiger partial charge < -0.3 is 0 Å². The quantitative estimate of drug-likeness (QED) is 0.787. The van der Waals surface area contributed by atoms with Gasteiger partial charge in [0.1, 0.15) is 4.66 Å². The number of hydrogen-bond donors (Lipinski definition) is 0. The van der Waals surface area contributed by atoms with Gasteiger partial charge in [-0.2, -0.15) is 0 Å². The Hall–Kier alpha value is -0.550. The predicted octanol–water partition coefficient (Wildman–Crippen LogP) is 2.51. The van der Waals surface area contributed by atoms with Crippen molar-refractivity contribution in [3.05, 3.63) is 29.8 Å². The van der Waals surface area contributed by atoms with E-state index in [1.807, 2.05) is 31.2 Å². The molecule has 0 N–H and O–H groups in total. The van der Waals surface area contributed by atoms with Crippen LogP contribution in [0.25, 0.3) is 0 Å². The molecule has 0 amide bonds. The Bertz CT molecular complexity index is 487. The molecule has 1 aromatic rings. The van der Waals surface area contributed by atoms with E-state index in [4.69, 9.17) is 0 Å². The first kappa shape index (κ1) is 11.9. The van der Waals surface area contributed by atoms with E-state index < -0.39 is 10.0 Å². The number of nitrogens with zero attached hydrogens (tertiary/aromatic N) is 1. The van der Waals surface area contributed by atoms with Gasteiger partial charge in [0.2, 0.25) is 10.0 Å². The molecule has 5 heteroatoms. The maximum absolute atomic E-state index is 12.0. The molecule has 0 aliphatic carbocycles. The number of sulfonamides is 1. The molecule has 2 rings (SSSR count). The van der Waals surface area contributed by atoms with Gasteiger partial charge in [0.05, 0.1) is 5.69 Å². The van der Waals surface area contributed by atoms with Crippen molar-refractivity contribution in [2.24, 2.45) is 0 Å². The summed E-state index contributed by atoms with van der Waals surface area (Å²) >= 11 is 3.06. The topological polar surface area (TPSA) is 37.4 Å². The summed E-state index contributed by atoms with van der Waals surface area (Å²) in [5.74, 6) is 0. The minimum absolute atomic E-state index is 0.0291. The molecule has 3 nitrogen and oxygen atoms in total. The molecule has 16 heavy (non-hydrogen) atoms. The summed E-state index contributed by atoms with van der Waals surface area (Å²) in [5, 5.41) is 0. The molecule has 1 aromatic carbocycles. The normalized spacial score (nSPS) is 20.6. The molecule has 0 saturated heterocycles. The van der Waals surface area contributed by atoms with Crippen LogP contribution in [0.5, 0.6) is 0 Å². The van der Waals surface area contributed by atoms with Crippen LogP contribution in [0.4, 0.5) is 5.69 Å². The van der Waals surface area contributed by atoms with Crippen LogP contribution in [-0.2, 0) is 16.4 Å². The third kappa shape index (κ3) is 1.98. The molecule has 0 radical (unpaired) electrons. The molecular formula is C11H14BrNO2S. The Balaban J connectivity index is 2.53. The van der Waals surface area contributed by atoms with Gasteiger partial charge in [-0.25, -0.2) is 8.42 Å². The van der Waals surface area contributed by atoms with E-state index >= 15 is 0 Å². The Kier molecular flexibility index (Phi) is 3.26. The van der Waals surface area contributed by atoms with Gasteiger partial charge in [-0.15, -0.1) is 0 Å². The second kappa shape index (κ2) is 4.37. The van der Waals surface area contributed by atoms with E-state index in [1.54, 1.807) is 4.31 Å². The number of benzene rings is 1. The highest BCUT2D eigenvalue weighted by molar-refractivity contribution is 9.10. The van der Waals surface area contributed by atoms with Crippen molar-refractivity contribution in [1.29, 1.82) is 0 Å². The van der Waals surface area contributed by atoms with Crippen molar-refractivity contribution in [3.8, 4) is 0 Å². The Labute approximate surface area is 105 Å². The number of aryl methyl sites for hydroxylation is 1. The molecule has 0 fully saturated rings. The number of hydrogen-bond acceptors (Lipinski definition) is 2. The largest absolute Gasteiger partial charge is 0.266 e. The van der Waals surface area contributed by atoms with Crippen molar-refractivity contribution in [3.63, 3.8) is 0 Å². The van der Waals surface area contributed by atoms with Gasteiger partial charge in [0, 0.05) is 6.04 Å². The molecule has 0 saturated carbocycles. The molecule has 1 aliphatic heterocycles. The summed E-state index contributed by atoms with van der Waals surface area (Å²) in [5.41, 5.74) is 1.95. The Morgan fingerprint density at radius 3 is 2.81 bits per heavy atom. The lowest BCUT2D eigenvalue weighted by Gasteiger charge is -2.35. The predicted molar refractivity (Wildman–Crippen MR) is 69.4 cm³/mol. The summed E-state index contributed by atoms with van der Waals surface area (Å²) in [6, 6.07) is 7.75. The fourth-order valence-corrected chi connectivity index (χ4v) is 4.03. The lowest BCUT2D eigenvalue weighted by atomic mass is 9.99. The smallest absolute Gasteiger partial charge is 0.245 e. The highest BCUT2D eigenvalue weighted by atomic mass is 79.9. The van der Waals surface area contributed by atoms with Gasteiger partial charge in [-0.1, -0.05) is 34.1 Å². The van der Waals surface area contributed by atoms with Gasteiger partial charge >= 0.3 is 0 Å². The van der Waals surface area contributed by atoms with Crippen LogP contribution >= 0.6 is 15.9 Å². The van der Waals surface area contributed by atoms with Crippen molar-refractivity contribution in [1.82, 2.24) is 0 Å². The molecule has 1 atom stereocenters. The molecule has 88 valence electrons. The van der Waals surface area contributed by atoms with Gasteiger partial charge in [-0.3, -0.25) is 4.31 Å². The second-order valence-electron chi connectivity index (χ2n) is 4.03. The summed E-state index contributed by atoms with van der Waals surface area (Å²) in [6.07, 6.45) is 1.83. The van der Waals surface area contributed by atoms with Crippen molar-refractivity contribution >= 4 is 31.6 Å². The average molecular weight is 304 g/mol. The van der Waals surface area contributed by atoms with Crippen LogP contribution in [-0.4, -0.2) is 19.1 Å². The fourth-order valence-electron chi connectivity index (χ4n) is 2.13. The van der Waals surface area contributed by atoms with Crippen molar-refractivity contribution < 1.29 is 8.42 Å². The van der Waals surface area contributed by atoms with Gasteiger partial charge in [0.25, 0.3) is 0 Å². The van der Waals surface area contributed by atoms with Crippen molar-refractivity contribution in [2.75, 3.05) is 8.97 Å². The molecule has 0 spiro atoms. The molecule has 1 unspecified atom stereocenters. The van der Waals surface area contributed by atoms with Crippen LogP contribution in [0.2, 0.25) is 0 Å². The molecule has 0 aromatic heterocycles. The Morgan fingerprint density at radius 1 is 1.44 bits per heavy atom. The first-order chi connectivity index (χ1) is 7.56. The third-order valence-corrected chi connectivity index (χ3v) is 6.07. The minimum atomic E-state index is -3.23. The van der Waals surface area contributed by atoms with Crippen LogP contribution in [0, 0.1) is 0 Å². The van der Waals surface area contributed by atoms with Crippen LogP contribution in [0.1, 0.15) is 18.9 Å². The zero-order valence-electron chi connectivity index (χ0n) is 9.06. The number of para-hydroxylation sites is 1. The van der Waals surface area contributed by atoms with E-state index in [0.717, 1.165) is 24.1 Å². The fraction of sp³-hybridized carbons (Fsp3) is 0.455. The molecular weight excluding hydrogens is 290 g/mol. The lowest BCUT2D eigenvalue weighted by molar-refractivity contribution is 0.567. The lowest BCUT2D eigenvalue weighted by Crippen LogP contribution is -2.42. The van der Waals surface area contributed by atoms with Gasteiger partial charge in [-0.05, 0) is 31.4 Å². The van der Waals surface area contributed by atoms with E-state index in [1.165, 1.54) is 0 Å². The molecule has 1 heterocycles. The highest BCUT2D eigenvalue weighted by Gasteiger charge is 2.31. The SMILES string of the molecule is CC1CCc2ccccc2N1S(=O)(=O)CBr. The zero-order valence-corrected chi connectivity index (χ0v) is 11.5. The zero-order chi connectivity index (χ0) is 11.8. The van der Waals surface area contributed by atoms with Crippen LogP contribution in [0.15, 0.2) is 24.3 Å². The average Bonchev–Trinajstić information content (AvgIpc) is 2.28. The maximum atomic E-state index is 12.0. The second-order valence-corrected chi connectivity index (χ2v) is 7.18. The van der Waals surface area contributed by atoms with Crippen molar-refractivity contribution in [2.45, 2.75) is 25.8 Å². The minimum Gasteiger partial charge on any atom is -0.266 e. The number of halogens is 1. The van der Waals surface area contributed by atoms with Gasteiger partial charge in [0.15, 0.2) is 0 Å². The molecule has 1 aliphatic rings. The summed E-state index contributed by atoms with van der Waals surface area (Å²) < 4.78 is 25.5. The van der Waals surface area contributed by atoms with E-state index in [9.17, 15) is 8.42 Å². The van der Waals surface area contributed by atoms with E-state index in [-0.39, 0.29) is 10.7 Å². The first-order valence-corrected chi connectivity index (χ1v) is 7.95.